The zero-order valence-electron chi connectivity index (χ0n) is 14.5. The fourth-order valence-electron chi connectivity index (χ4n) is 4.51. The highest BCUT2D eigenvalue weighted by Gasteiger charge is 2.51. The van der Waals surface area contributed by atoms with Crippen LogP contribution in [0.5, 0.6) is 0 Å². The molecule has 0 unspecified atom stereocenters. The molecule has 4 heterocycles. The predicted octanol–water partition coefficient (Wildman–Crippen LogP) is 3.66. The van der Waals surface area contributed by atoms with Crippen molar-refractivity contribution < 1.29 is 9.15 Å². The molecule has 3 fully saturated rings. The number of aromatic nitrogens is 1. The number of fused-ring (bicyclic) bond motifs is 1. The van der Waals surface area contributed by atoms with Crippen LogP contribution in [-0.4, -0.2) is 47.3 Å². The van der Waals surface area contributed by atoms with Crippen LogP contribution in [-0.2, 0) is 4.74 Å². The SMILES string of the molecule is N#Cc1cc2c(Br)c(NC3CCC(N4CC5(CCO5)C4)CC3)ncc2o1. The van der Waals surface area contributed by atoms with E-state index in [4.69, 9.17) is 14.4 Å². The molecule has 0 amide bonds. The number of nitrogens with one attached hydrogen (secondary N) is 1. The second-order valence-corrected chi connectivity index (χ2v) is 8.55. The first-order chi connectivity index (χ1) is 12.7. The molecular formula is C19H21BrN4O2. The third kappa shape index (κ3) is 2.72. The monoisotopic (exact) mass is 416 g/mol. The van der Waals surface area contributed by atoms with Crippen LogP contribution in [0.4, 0.5) is 5.82 Å². The number of pyridine rings is 1. The molecule has 6 nitrogen and oxygen atoms in total. The van der Waals surface area contributed by atoms with Crippen molar-refractivity contribution in [1.29, 1.82) is 5.26 Å². The number of anilines is 1. The summed E-state index contributed by atoms with van der Waals surface area (Å²) in [4.78, 5) is 7.08. The molecule has 2 aromatic heterocycles. The molecule has 0 radical (unpaired) electrons. The molecule has 1 N–H and O–H groups in total. The minimum absolute atomic E-state index is 0.228. The highest BCUT2D eigenvalue weighted by molar-refractivity contribution is 9.10. The van der Waals surface area contributed by atoms with E-state index in [2.05, 4.69) is 31.1 Å². The van der Waals surface area contributed by atoms with E-state index in [0.29, 0.717) is 23.4 Å². The number of hydrogen-bond acceptors (Lipinski definition) is 6. The summed E-state index contributed by atoms with van der Waals surface area (Å²) in [5.41, 5.74) is 0.860. The average molecular weight is 417 g/mol. The van der Waals surface area contributed by atoms with Crippen molar-refractivity contribution in [2.45, 2.75) is 49.8 Å². The fourth-order valence-corrected chi connectivity index (χ4v) is 5.03. The number of nitrogens with zero attached hydrogens (tertiary/aromatic N) is 3. The number of halogens is 1. The molecule has 7 heteroatoms. The molecule has 2 saturated heterocycles. The van der Waals surface area contributed by atoms with Gasteiger partial charge in [-0.1, -0.05) is 0 Å². The van der Waals surface area contributed by atoms with E-state index in [1.807, 2.05) is 6.07 Å². The number of hydrogen-bond donors (Lipinski definition) is 1. The van der Waals surface area contributed by atoms with Gasteiger partial charge in [-0.05, 0) is 41.6 Å². The summed E-state index contributed by atoms with van der Waals surface area (Å²) < 4.78 is 12.0. The first-order valence-electron chi connectivity index (χ1n) is 9.28. The molecule has 1 saturated carbocycles. The lowest BCUT2D eigenvalue weighted by molar-refractivity contribution is -0.231. The molecule has 1 spiro atoms. The molecule has 0 aromatic carbocycles. The Hall–Kier alpha value is -1.62. The Balaban J connectivity index is 1.21. The van der Waals surface area contributed by atoms with Crippen LogP contribution >= 0.6 is 15.9 Å². The second-order valence-electron chi connectivity index (χ2n) is 7.76. The van der Waals surface area contributed by atoms with Crippen molar-refractivity contribution in [2.75, 3.05) is 25.0 Å². The Morgan fingerprint density at radius 2 is 2.08 bits per heavy atom. The lowest BCUT2D eigenvalue weighted by atomic mass is 9.81. The largest absolute Gasteiger partial charge is 0.444 e. The van der Waals surface area contributed by atoms with Gasteiger partial charge >= 0.3 is 0 Å². The van der Waals surface area contributed by atoms with E-state index in [0.717, 1.165) is 48.2 Å². The normalized spacial score (nSPS) is 27.7. The molecule has 26 heavy (non-hydrogen) atoms. The van der Waals surface area contributed by atoms with Crippen molar-refractivity contribution in [2.24, 2.45) is 0 Å². The van der Waals surface area contributed by atoms with Crippen LogP contribution in [0.1, 0.15) is 37.9 Å². The van der Waals surface area contributed by atoms with Crippen LogP contribution in [0, 0.1) is 11.3 Å². The maximum atomic E-state index is 9.00. The zero-order chi connectivity index (χ0) is 17.7. The standard InChI is InChI=1S/C19H21BrN4O2/c20-17-15-7-14(8-21)26-16(15)9-22-18(17)23-12-1-3-13(4-2-12)24-10-19(11-24)5-6-25-19/h7,9,12-13H,1-6,10-11H2,(H,22,23). The minimum Gasteiger partial charge on any atom is -0.444 e. The summed E-state index contributed by atoms with van der Waals surface area (Å²) in [6, 6.07) is 4.93. The van der Waals surface area contributed by atoms with E-state index in [9.17, 15) is 0 Å². The van der Waals surface area contributed by atoms with E-state index >= 15 is 0 Å². The lowest BCUT2D eigenvalue weighted by Crippen LogP contribution is -2.70. The molecule has 1 aliphatic carbocycles. The highest BCUT2D eigenvalue weighted by atomic mass is 79.9. The first-order valence-corrected chi connectivity index (χ1v) is 10.1. The molecular weight excluding hydrogens is 396 g/mol. The van der Waals surface area contributed by atoms with Crippen LogP contribution in [0.15, 0.2) is 21.2 Å². The molecule has 5 rings (SSSR count). The molecule has 0 bridgehead atoms. The number of nitriles is 1. The zero-order valence-corrected chi connectivity index (χ0v) is 16.1. The van der Waals surface area contributed by atoms with Crippen molar-refractivity contribution in [1.82, 2.24) is 9.88 Å². The first kappa shape index (κ1) is 16.5. The maximum absolute atomic E-state index is 9.00. The van der Waals surface area contributed by atoms with Crippen molar-refractivity contribution in [3.63, 3.8) is 0 Å². The van der Waals surface area contributed by atoms with E-state index in [-0.39, 0.29) is 5.60 Å². The van der Waals surface area contributed by atoms with Crippen LogP contribution in [0.2, 0.25) is 0 Å². The number of furan rings is 1. The van der Waals surface area contributed by atoms with Gasteiger partial charge in [0, 0.05) is 43.0 Å². The molecule has 2 aliphatic heterocycles. The van der Waals surface area contributed by atoms with Gasteiger partial charge in [-0.3, -0.25) is 4.90 Å². The van der Waals surface area contributed by atoms with Gasteiger partial charge in [0.2, 0.25) is 5.76 Å². The third-order valence-corrected chi connectivity index (χ3v) is 6.93. The van der Waals surface area contributed by atoms with E-state index in [1.165, 1.54) is 19.3 Å². The number of likely N-dealkylation sites (tertiary alicyclic amines) is 1. The third-order valence-electron chi connectivity index (χ3n) is 6.13. The molecule has 136 valence electrons. The fraction of sp³-hybridized carbons (Fsp3) is 0.579. The van der Waals surface area contributed by atoms with E-state index < -0.39 is 0 Å². The average Bonchev–Trinajstić information content (AvgIpc) is 3.01. The van der Waals surface area contributed by atoms with Crippen molar-refractivity contribution >= 4 is 32.7 Å². The molecule has 3 aliphatic rings. The van der Waals surface area contributed by atoms with Crippen LogP contribution in [0.3, 0.4) is 0 Å². The number of ether oxygens (including phenoxy) is 1. The Morgan fingerprint density at radius 3 is 2.73 bits per heavy atom. The van der Waals surface area contributed by atoms with Gasteiger partial charge in [0.1, 0.15) is 11.9 Å². The van der Waals surface area contributed by atoms with Gasteiger partial charge in [-0.25, -0.2) is 4.98 Å². The molecule has 0 atom stereocenters. The van der Waals surface area contributed by atoms with Crippen molar-refractivity contribution in [3.8, 4) is 6.07 Å². The quantitative estimate of drug-likeness (QED) is 0.822. The van der Waals surface area contributed by atoms with Gasteiger partial charge < -0.3 is 14.5 Å². The second kappa shape index (κ2) is 6.22. The predicted molar refractivity (Wildman–Crippen MR) is 101 cm³/mol. The number of rotatable bonds is 3. The lowest BCUT2D eigenvalue weighted by Gasteiger charge is -2.58. The van der Waals surface area contributed by atoms with Crippen molar-refractivity contribution in [3.05, 3.63) is 22.5 Å². The van der Waals surface area contributed by atoms with Gasteiger partial charge in [0.25, 0.3) is 0 Å². The summed E-state index contributed by atoms with van der Waals surface area (Å²) in [7, 11) is 0. The summed E-state index contributed by atoms with van der Waals surface area (Å²) in [5.74, 6) is 1.14. The smallest absolute Gasteiger partial charge is 0.204 e. The van der Waals surface area contributed by atoms with Gasteiger partial charge in [-0.15, -0.1) is 0 Å². The Morgan fingerprint density at radius 1 is 1.31 bits per heavy atom. The van der Waals surface area contributed by atoms with Gasteiger partial charge in [0.05, 0.1) is 22.9 Å². The Bertz CT molecular complexity index is 870. The minimum atomic E-state index is 0.228. The summed E-state index contributed by atoms with van der Waals surface area (Å²) >= 11 is 3.62. The molecule has 2 aromatic rings. The van der Waals surface area contributed by atoms with Crippen LogP contribution < -0.4 is 5.32 Å². The van der Waals surface area contributed by atoms with Gasteiger partial charge in [-0.2, -0.15) is 5.26 Å². The van der Waals surface area contributed by atoms with E-state index in [1.54, 1.807) is 12.3 Å². The summed E-state index contributed by atoms with van der Waals surface area (Å²) in [6.07, 6.45) is 7.67. The Labute approximate surface area is 160 Å². The Kier molecular flexibility index (Phi) is 3.96. The van der Waals surface area contributed by atoms with Crippen LogP contribution in [0.25, 0.3) is 11.0 Å². The summed E-state index contributed by atoms with van der Waals surface area (Å²) in [5, 5.41) is 13.5. The topological polar surface area (TPSA) is 74.3 Å². The highest BCUT2D eigenvalue weighted by Crippen LogP contribution is 2.40. The van der Waals surface area contributed by atoms with Gasteiger partial charge in [0.15, 0.2) is 5.58 Å². The summed E-state index contributed by atoms with van der Waals surface area (Å²) in [6.45, 7) is 3.20. The maximum Gasteiger partial charge on any atom is 0.204 e.